The summed E-state index contributed by atoms with van der Waals surface area (Å²) in [4.78, 5) is 20.2. The molecule has 4 nitrogen and oxygen atoms in total. The average Bonchev–Trinajstić information content (AvgIpc) is 2.73. The van der Waals surface area contributed by atoms with Crippen LogP contribution in [0.1, 0.15) is 28.8 Å². The van der Waals surface area contributed by atoms with Crippen molar-refractivity contribution in [3.05, 3.63) is 65.7 Å². The maximum absolute atomic E-state index is 13.5. The van der Waals surface area contributed by atoms with Gasteiger partial charge >= 0.3 is 0 Å². The average molecular weight is 360 g/mol. The molecule has 1 unspecified atom stereocenters. The predicted molar refractivity (Wildman–Crippen MR) is 108 cm³/mol. The molecular weight excluding hydrogens is 336 g/mol. The first-order chi connectivity index (χ1) is 13.2. The number of para-hydroxylation sites is 1. The Balaban J connectivity index is 1.86. The van der Waals surface area contributed by atoms with Gasteiger partial charge in [0, 0.05) is 30.6 Å². The van der Waals surface area contributed by atoms with E-state index in [9.17, 15) is 9.90 Å². The maximum atomic E-state index is 13.5. The largest absolute Gasteiger partial charge is 0.396 e. The van der Waals surface area contributed by atoms with Crippen LogP contribution in [0, 0.1) is 12.8 Å². The Morgan fingerprint density at radius 2 is 1.89 bits per heavy atom. The monoisotopic (exact) mass is 360 g/mol. The molecule has 1 saturated heterocycles. The number of fused-ring (bicyclic) bond motifs is 1. The van der Waals surface area contributed by atoms with Gasteiger partial charge in [-0.25, -0.2) is 4.98 Å². The molecular formula is C23H24N2O2. The molecule has 1 fully saturated rings. The molecule has 2 heterocycles. The minimum atomic E-state index is 0.0430. The van der Waals surface area contributed by atoms with Crippen LogP contribution in [0.3, 0.4) is 0 Å². The smallest absolute Gasteiger partial charge is 0.254 e. The zero-order chi connectivity index (χ0) is 18.8. The lowest BCUT2D eigenvalue weighted by molar-refractivity contribution is 0.0622. The summed E-state index contributed by atoms with van der Waals surface area (Å²) in [6, 6.07) is 17.9. The zero-order valence-electron chi connectivity index (χ0n) is 15.6. The fraction of sp³-hybridized carbons (Fsp3) is 0.304. The Morgan fingerprint density at radius 1 is 1.15 bits per heavy atom. The van der Waals surface area contributed by atoms with Gasteiger partial charge < -0.3 is 10.0 Å². The maximum Gasteiger partial charge on any atom is 0.254 e. The van der Waals surface area contributed by atoms with Crippen molar-refractivity contribution in [1.29, 1.82) is 0 Å². The molecule has 0 saturated carbocycles. The van der Waals surface area contributed by atoms with Gasteiger partial charge in [-0.1, -0.05) is 48.5 Å². The fourth-order valence-electron chi connectivity index (χ4n) is 4.02. The van der Waals surface area contributed by atoms with Crippen LogP contribution in [-0.2, 0) is 0 Å². The van der Waals surface area contributed by atoms with Crippen molar-refractivity contribution in [2.75, 3.05) is 19.7 Å². The molecule has 3 aromatic rings. The molecule has 1 aliphatic heterocycles. The molecule has 1 atom stereocenters. The fourth-order valence-corrected chi connectivity index (χ4v) is 4.02. The van der Waals surface area contributed by atoms with Crippen molar-refractivity contribution in [1.82, 2.24) is 9.88 Å². The predicted octanol–water partition coefficient (Wildman–Crippen LogP) is 4.05. The van der Waals surface area contributed by atoms with Gasteiger partial charge in [-0.05, 0) is 37.3 Å². The van der Waals surface area contributed by atoms with Crippen LogP contribution >= 0.6 is 0 Å². The van der Waals surface area contributed by atoms with E-state index in [2.05, 4.69) is 0 Å². The van der Waals surface area contributed by atoms with Crippen LogP contribution in [0.15, 0.2) is 54.6 Å². The minimum Gasteiger partial charge on any atom is -0.396 e. The van der Waals surface area contributed by atoms with Crippen molar-refractivity contribution >= 4 is 16.8 Å². The van der Waals surface area contributed by atoms with E-state index in [0.717, 1.165) is 52.7 Å². The Morgan fingerprint density at radius 3 is 2.67 bits per heavy atom. The first-order valence-corrected chi connectivity index (χ1v) is 9.54. The van der Waals surface area contributed by atoms with Gasteiger partial charge in [0.1, 0.15) is 0 Å². The Labute approximate surface area is 159 Å². The number of likely N-dealkylation sites (tertiary alicyclic amines) is 1. The number of hydrogen-bond donors (Lipinski definition) is 1. The van der Waals surface area contributed by atoms with Crippen LogP contribution in [0.4, 0.5) is 0 Å². The number of carbonyl (C=O) groups excluding carboxylic acids is 1. The summed E-state index contributed by atoms with van der Waals surface area (Å²) >= 11 is 0. The number of rotatable bonds is 3. The lowest BCUT2D eigenvalue weighted by Gasteiger charge is -2.32. The molecule has 1 aliphatic rings. The number of hydrogen-bond acceptors (Lipinski definition) is 3. The molecule has 0 aliphatic carbocycles. The van der Waals surface area contributed by atoms with E-state index in [-0.39, 0.29) is 18.4 Å². The van der Waals surface area contributed by atoms with Gasteiger partial charge in [-0.2, -0.15) is 0 Å². The number of pyridine rings is 1. The molecule has 138 valence electrons. The lowest BCUT2D eigenvalue weighted by atomic mass is 9.94. The SMILES string of the molecule is Cc1c(-c2ccccc2)nc2ccccc2c1C(=O)N1CCCC(CO)C1. The summed E-state index contributed by atoms with van der Waals surface area (Å²) in [5.74, 6) is 0.214. The molecule has 1 aromatic heterocycles. The molecule has 0 spiro atoms. The third kappa shape index (κ3) is 3.33. The third-order valence-corrected chi connectivity index (χ3v) is 5.46. The van der Waals surface area contributed by atoms with Gasteiger partial charge in [-0.15, -0.1) is 0 Å². The molecule has 1 amide bonds. The number of aliphatic hydroxyl groups is 1. The van der Waals surface area contributed by atoms with Crippen LogP contribution in [-0.4, -0.2) is 40.6 Å². The number of aliphatic hydroxyl groups excluding tert-OH is 1. The number of aromatic nitrogens is 1. The molecule has 4 rings (SSSR count). The highest BCUT2D eigenvalue weighted by molar-refractivity contribution is 6.08. The third-order valence-electron chi connectivity index (χ3n) is 5.46. The second kappa shape index (κ2) is 7.49. The lowest BCUT2D eigenvalue weighted by Crippen LogP contribution is -2.41. The molecule has 2 aromatic carbocycles. The standard InChI is InChI=1S/C23H24N2O2/c1-16-21(23(27)25-13-7-8-17(14-25)15-26)19-11-5-6-12-20(19)24-22(16)18-9-3-2-4-10-18/h2-6,9-12,17,26H,7-8,13-15H2,1H3. The number of amides is 1. The first-order valence-electron chi connectivity index (χ1n) is 9.54. The van der Waals surface area contributed by atoms with Crippen molar-refractivity contribution in [3.63, 3.8) is 0 Å². The molecule has 4 heteroatoms. The second-order valence-electron chi connectivity index (χ2n) is 7.29. The van der Waals surface area contributed by atoms with Crippen LogP contribution in [0.25, 0.3) is 22.2 Å². The first kappa shape index (κ1) is 17.7. The number of piperidine rings is 1. The van der Waals surface area contributed by atoms with Crippen LogP contribution in [0.5, 0.6) is 0 Å². The summed E-state index contributed by atoms with van der Waals surface area (Å²) in [6.07, 6.45) is 1.91. The van der Waals surface area contributed by atoms with Crippen molar-refractivity contribution < 1.29 is 9.90 Å². The quantitative estimate of drug-likeness (QED) is 0.766. The van der Waals surface area contributed by atoms with E-state index in [1.807, 2.05) is 66.4 Å². The van der Waals surface area contributed by atoms with Crippen LogP contribution in [0.2, 0.25) is 0 Å². The van der Waals surface area contributed by atoms with Gasteiger partial charge in [0.05, 0.1) is 16.8 Å². The summed E-state index contributed by atoms with van der Waals surface area (Å²) in [7, 11) is 0. The highest BCUT2D eigenvalue weighted by atomic mass is 16.3. The van der Waals surface area contributed by atoms with Gasteiger partial charge in [-0.3, -0.25) is 4.79 Å². The van der Waals surface area contributed by atoms with E-state index < -0.39 is 0 Å². The Bertz CT molecular complexity index is 969. The summed E-state index contributed by atoms with van der Waals surface area (Å²) < 4.78 is 0. The Kier molecular flexibility index (Phi) is 4.90. The molecule has 0 radical (unpaired) electrons. The molecule has 0 bridgehead atoms. The van der Waals surface area contributed by atoms with E-state index in [0.29, 0.717) is 6.54 Å². The second-order valence-corrected chi connectivity index (χ2v) is 7.29. The van der Waals surface area contributed by atoms with Crippen molar-refractivity contribution in [2.24, 2.45) is 5.92 Å². The zero-order valence-corrected chi connectivity index (χ0v) is 15.6. The van der Waals surface area contributed by atoms with E-state index in [1.54, 1.807) is 0 Å². The molecule has 1 N–H and O–H groups in total. The normalized spacial score (nSPS) is 17.3. The highest BCUT2D eigenvalue weighted by Crippen LogP contribution is 2.31. The highest BCUT2D eigenvalue weighted by Gasteiger charge is 2.27. The minimum absolute atomic E-state index is 0.0430. The number of carbonyl (C=O) groups is 1. The number of nitrogens with zero attached hydrogens (tertiary/aromatic N) is 2. The Hall–Kier alpha value is -2.72. The van der Waals surface area contributed by atoms with Crippen molar-refractivity contribution in [2.45, 2.75) is 19.8 Å². The van der Waals surface area contributed by atoms with E-state index in [1.165, 1.54) is 0 Å². The van der Waals surface area contributed by atoms with E-state index >= 15 is 0 Å². The summed E-state index contributed by atoms with van der Waals surface area (Å²) in [5, 5.41) is 10.4. The molecule has 27 heavy (non-hydrogen) atoms. The topological polar surface area (TPSA) is 53.4 Å². The van der Waals surface area contributed by atoms with Gasteiger partial charge in [0.15, 0.2) is 0 Å². The van der Waals surface area contributed by atoms with Crippen LogP contribution < -0.4 is 0 Å². The van der Waals surface area contributed by atoms with Gasteiger partial charge in [0.2, 0.25) is 0 Å². The van der Waals surface area contributed by atoms with Crippen molar-refractivity contribution in [3.8, 4) is 11.3 Å². The number of benzene rings is 2. The summed E-state index contributed by atoms with van der Waals surface area (Å²) in [5.41, 5.74) is 4.35. The van der Waals surface area contributed by atoms with Gasteiger partial charge in [0.25, 0.3) is 5.91 Å². The van der Waals surface area contributed by atoms with E-state index in [4.69, 9.17) is 4.98 Å². The summed E-state index contributed by atoms with van der Waals surface area (Å²) in [6.45, 7) is 3.48.